The molecule has 0 radical (unpaired) electrons. The van der Waals surface area contributed by atoms with Crippen molar-refractivity contribution in [3.63, 3.8) is 0 Å². The lowest BCUT2D eigenvalue weighted by Gasteiger charge is -2.28. The van der Waals surface area contributed by atoms with Crippen LogP contribution in [0.5, 0.6) is 5.75 Å². The average Bonchev–Trinajstić information content (AvgIpc) is 2.15. The topological polar surface area (TPSA) is 83.6 Å². The van der Waals surface area contributed by atoms with Gasteiger partial charge < -0.3 is 15.9 Å². The van der Waals surface area contributed by atoms with Crippen molar-refractivity contribution in [3.8, 4) is 5.75 Å². The summed E-state index contributed by atoms with van der Waals surface area (Å²) in [6.07, 6.45) is 0. The molecule has 0 unspecified atom stereocenters. The highest BCUT2D eigenvalue weighted by atomic mass is 19.1. The molecule has 0 amide bonds. The summed E-state index contributed by atoms with van der Waals surface area (Å²) in [6.45, 7) is 5.35. The van der Waals surface area contributed by atoms with Crippen LogP contribution in [0.15, 0.2) is 12.1 Å². The Morgan fingerprint density at radius 1 is 1.41 bits per heavy atom. The number of benzene rings is 1. The van der Waals surface area contributed by atoms with Crippen molar-refractivity contribution in [2.45, 2.75) is 26.8 Å². The molecule has 5 heteroatoms. The Morgan fingerprint density at radius 3 is 2.35 bits per heavy atom. The van der Waals surface area contributed by atoms with Crippen molar-refractivity contribution >= 4 is 5.97 Å². The third-order valence-corrected chi connectivity index (χ3v) is 2.64. The summed E-state index contributed by atoms with van der Waals surface area (Å²) in [4.78, 5) is 10.8. The molecular formula is C12H16FNO3. The van der Waals surface area contributed by atoms with E-state index in [1.165, 1.54) is 0 Å². The molecular weight excluding hydrogens is 225 g/mol. The van der Waals surface area contributed by atoms with E-state index >= 15 is 0 Å². The third kappa shape index (κ3) is 2.55. The second-order valence-corrected chi connectivity index (χ2v) is 5.01. The van der Waals surface area contributed by atoms with E-state index in [0.29, 0.717) is 0 Å². The van der Waals surface area contributed by atoms with E-state index in [2.05, 4.69) is 0 Å². The van der Waals surface area contributed by atoms with Crippen LogP contribution in [0.2, 0.25) is 0 Å². The molecule has 17 heavy (non-hydrogen) atoms. The highest BCUT2D eigenvalue weighted by Gasteiger charge is 2.29. The monoisotopic (exact) mass is 241 g/mol. The average molecular weight is 241 g/mol. The highest BCUT2D eigenvalue weighted by Crippen LogP contribution is 2.38. The summed E-state index contributed by atoms with van der Waals surface area (Å²) >= 11 is 0. The molecule has 0 fully saturated rings. The second-order valence-electron chi connectivity index (χ2n) is 5.01. The van der Waals surface area contributed by atoms with Gasteiger partial charge in [0.1, 0.15) is 17.1 Å². The minimum absolute atomic E-state index is 0.155. The molecule has 1 aromatic carbocycles. The summed E-state index contributed by atoms with van der Waals surface area (Å²) in [5, 5.41) is 18.6. The molecule has 0 aliphatic carbocycles. The molecule has 0 saturated carbocycles. The Kier molecular flexibility index (Phi) is 3.43. The Hall–Kier alpha value is -1.62. The Labute approximate surface area is 98.9 Å². The zero-order valence-corrected chi connectivity index (χ0v) is 9.99. The molecule has 0 spiro atoms. The van der Waals surface area contributed by atoms with Gasteiger partial charge in [0.25, 0.3) is 0 Å². The van der Waals surface area contributed by atoms with Crippen LogP contribution in [0.25, 0.3) is 0 Å². The quantitative estimate of drug-likeness (QED) is 0.741. The van der Waals surface area contributed by atoms with Crippen molar-refractivity contribution in [2.24, 2.45) is 11.1 Å². The van der Waals surface area contributed by atoms with Crippen molar-refractivity contribution in [1.82, 2.24) is 0 Å². The summed E-state index contributed by atoms with van der Waals surface area (Å²) < 4.78 is 13.6. The minimum atomic E-state index is -1.31. The second kappa shape index (κ2) is 4.33. The Morgan fingerprint density at radius 2 is 1.94 bits per heavy atom. The van der Waals surface area contributed by atoms with Crippen LogP contribution in [0, 0.1) is 11.2 Å². The molecule has 0 heterocycles. The summed E-state index contributed by atoms with van der Waals surface area (Å²) in [7, 11) is 0. The number of carboxylic acids is 1. The molecule has 0 saturated heterocycles. The number of rotatable bonds is 2. The summed E-state index contributed by atoms with van der Waals surface area (Å²) in [5.41, 5.74) is 4.86. The molecule has 1 atom stereocenters. The van der Waals surface area contributed by atoms with Gasteiger partial charge in [0.15, 0.2) is 0 Å². The number of aromatic carboxylic acids is 1. The van der Waals surface area contributed by atoms with Crippen LogP contribution >= 0.6 is 0 Å². The van der Waals surface area contributed by atoms with Crippen LogP contribution in [0.4, 0.5) is 4.39 Å². The highest BCUT2D eigenvalue weighted by molar-refractivity contribution is 5.91. The molecule has 4 nitrogen and oxygen atoms in total. The lowest BCUT2D eigenvalue weighted by Crippen LogP contribution is -2.27. The van der Waals surface area contributed by atoms with Crippen molar-refractivity contribution in [3.05, 3.63) is 29.1 Å². The summed E-state index contributed by atoms with van der Waals surface area (Å²) in [6, 6.07) is 1.23. The van der Waals surface area contributed by atoms with E-state index < -0.39 is 29.0 Å². The predicted octanol–water partition coefficient (Wildman–Crippen LogP) is 2.28. The van der Waals surface area contributed by atoms with Gasteiger partial charge in [0.05, 0.1) is 0 Å². The largest absolute Gasteiger partial charge is 0.507 e. The molecule has 1 aromatic rings. The van der Waals surface area contributed by atoms with Crippen molar-refractivity contribution < 1.29 is 19.4 Å². The Bertz CT molecular complexity index is 452. The van der Waals surface area contributed by atoms with E-state index in [1.54, 1.807) is 20.8 Å². The van der Waals surface area contributed by atoms with E-state index in [0.717, 1.165) is 12.1 Å². The maximum Gasteiger partial charge on any atom is 0.339 e. The Balaban J connectivity index is 3.42. The van der Waals surface area contributed by atoms with E-state index in [4.69, 9.17) is 10.8 Å². The van der Waals surface area contributed by atoms with Gasteiger partial charge in [0, 0.05) is 11.6 Å². The maximum atomic E-state index is 13.6. The standard InChI is InChI=1S/C12H16FNO3/c1-12(2,3)10(14)8-7(13)5-4-6(9(8)15)11(16)17/h4-5,10,15H,14H2,1-3H3,(H,16,17)/t10-/m0/s1. The van der Waals surface area contributed by atoms with Gasteiger partial charge in [-0.1, -0.05) is 20.8 Å². The fraction of sp³-hybridized carbons (Fsp3) is 0.417. The number of nitrogens with two attached hydrogens (primary N) is 1. The first-order valence-corrected chi connectivity index (χ1v) is 5.16. The van der Waals surface area contributed by atoms with Crippen LogP contribution < -0.4 is 5.73 Å². The number of carbonyl (C=O) groups is 1. The number of phenols is 1. The maximum absolute atomic E-state index is 13.6. The fourth-order valence-corrected chi connectivity index (χ4v) is 1.48. The zero-order valence-electron chi connectivity index (χ0n) is 9.99. The number of hydrogen-bond donors (Lipinski definition) is 3. The lowest BCUT2D eigenvalue weighted by atomic mass is 9.82. The minimum Gasteiger partial charge on any atom is -0.507 e. The fourth-order valence-electron chi connectivity index (χ4n) is 1.48. The third-order valence-electron chi connectivity index (χ3n) is 2.64. The van der Waals surface area contributed by atoms with Crippen LogP contribution in [0.1, 0.15) is 42.7 Å². The molecule has 0 aliphatic heterocycles. The van der Waals surface area contributed by atoms with Gasteiger partial charge in [0.2, 0.25) is 0 Å². The first kappa shape index (κ1) is 13.4. The normalized spacial score (nSPS) is 13.5. The molecule has 4 N–H and O–H groups in total. The van der Waals surface area contributed by atoms with E-state index in [1.807, 2.05) is 0 Å². The first-order valence-electron chi connectivity index (χ1n) is 5.16. The molecule has 0 aliphatic rings. The van der Waals surface area contributed by atoms with E-state index in [9.17, 15) is 14.3 Å². The molecule has 0 aromatic heterocycles. The van der Waals surface area contributed by atoms with Crippen LogP contribution in [-0.4, -0.2) is 16.2 Å². The number of halogens is 1. The first-order chi connectivity index (χ1) is 7.66. The van der Waals surface area contributed by atoms with Crippen molar-refractivity contribution in [2.75, 3.05) is 0 Å². The molecule has 0 bridgehead atoms. The van der Waals surface area contributed by atoms with Gasteiger partial charge >= 0.3 is 5.97 Å². The van der Waals surface area contributed by atoms with Crippen molar-refractivity contribution in [1.29, 1.82) is 0 Å². The number of carboxylic acid groups (broad SMARTS) is 1. The van der Waals surface area contributed by atoms with E-state index in [-0.39, 0.29) is 11.1 Å². The van der Waals surface area contributed by atoms with Crippen LogP contribution in [0.3, 0.4) is 0 Å². The van der Waals surface area contributed by atoms with Gasteiger partial charge in [-0.3, -0.25) is 0 Å². The lowest BCUT2D eigenvalue weighted by molar-refractivity contribution is 0.0693. The zero-order chi connectivity index (χ0) is 13.4. The van der Waals surface area contributed by atoms with Gasteiger partial charge in [-0.25, -0.2) is 9.18 Å². The van der Waals surface area contributed by atoms with Gasteiger partial charge in [-0.05, 0) is 17.5 Å². The van der Waals surface area contributed by atoms with Crippen LogP contribution in [-0.2, 0) is 0 Å². The predicted molar refractivity (Wildman–Crippen MR) is 61.4 cm³/mol. The SMILES string of the molecule is CC(C)(C)[C@@H](N)c1c(F)ccc(C(=O)O)c1O. The number of aromatic hydroxyl groups is 1. The van der Waals surface area contributed by atoms with Gasteiger partial charge in [-0.15, -0.1) is 0 Å². The summed E-state index contributed by atoms with van der Waals surface area (Å²) in [5.74, 6) is -2.61. The molecule has 1 rings (SSSR count). The molecule has 94 valence electrons. The van der Waals surface area contributed by atoms with Gasteiger partial charge in [-0.2, -0.15) is 0 Å². The smallest absolute Gasteiger partial charge is 0.339 e. The number of hydrogen-bond acceptors (Lipinski definition) is 3.